The van der Waals surface area contributed by atoms with Gasteiger partial charge in [0.2, 0.25) is 0 Å². The van der Waals surface area contributed by atoms with Crippen molar-refractivity contribution in [1.29, 1.82) is 0 Å². The van der Waals surface area contributed by atoms with Crippen molar-refractivity contribution in [2.75, 3.05) is 12.3 Å². The summed E-state index contributed by atoms with van der Waals surface area (Å²) in [7, 11) is 0. The van der Waals surface area contributed by atoms with Gasteiger partial charge in [-0.05, 0) is 31.6 Å². The first-order valence-corrected chi connectivity index (χ1v) is 4.59. The monoisotopic (exact) mass is 145 g/mol. The predicted octanol–water partition coefficient (Wildman–Crippen LogP) is 1.62. The third-order valence-corrected chi connectivity index (χ3v) is 3.57. The summed E-state index contributed by atoms with van der Waals surface area (Å²) in [5.41, 5.74) is 5.48. The maximum absolute atomic E-state index is 5.48. The molecule has 1 rings (SSSR count). The largest absolute Gasteiger partial charge is 0.330 e. The number of hydrogen-bond donors (Lipinski definition) is 1. The number of hydrogen-bond acceptors (Lipinski definition) is 2. The summed E-state index contributed by atoms with van der Waals surface area (Å²) in [6.07, 6.45) is 3.95. The van der Waals surface area contributed by atoms with Gasteiger partial charge in [0.05, 0.1) is 0 Å². The Morgan fingerprint density at radius 1 is 1.67 bits per heavy atom. The van der Waals surface area contributed by atoms with Crippen LogP contribution in [-0.2, 0) is 0 Å². The minimum atomic E-state index is 0.536. The van der Waals surface area contributed by atoms with Gasteiger partial charge >= 0.3 is 0 Å². The van der Waals surface area contributed by atoms with E-state index in [1.165, 1.54) is 25.0 Å². The highest BCUT2D eigenvalue weighted by atomic mass is 32.2. The van der Waals surface area contributed by atoms with Crippen molar-refractivity contribution in [3.8, 4) is 0 Å². The molecule has 0 amide bonds. The van der Waals surface area contributed by atoms with Crippen molar-refractivity contribution >= 4 is 11.8 Å². The highest BCUT2D eigenvalue weighted by Gasteiger charge is 2.27. The van der Waals surface area contributed by atoms with E-state index >= 15 is 0 Å². The molecule has 1 saturated heterocycles. The second kappa shape index (κ2) is 2.93. The second-order valence-corrected chi connectivity index (χ2v) is 4.62. The fraction of sp³-hybridized carbons (Fsp3) is 1.00. The summed E-state index contributed by atoms with van der Waals surface area (Å²) in [5, 5.41) is 0. The van der Waals surface area contributed by atoms with Gasteiger partial charge in [-0.3, -0.25) is 0 Å². The molecule has 0 saturated carbocycles. The number of rotatable bonds is 2. The Labute approximate surface area is 61.4 Å². The lowest BCUT2D eigenvalue weighted by atomic mass is 10.0. The molecule has 0 radical (unpaired) electrons. The van der Waals surface area contributed by atoms with E-state index in [1.807, 2.05) is 0 Å². The molecule has 0 aliphatic carbocycles. The molecule has 1 aliphatic heterocycles. The zero-order chi connectivity index (χ0) is 6.74. The van der Waals surface area contributed by atoms with Gasteiger partial charge in [-0.15, -0.1) is 0 Å². The first-order valence-electron chi connectivity index (χ1n) is 3.61. The molecule has 2 N–H and O–H groups in total. The lowest BCUT2D eigenvalue weighted by molar-refractivity contribution is 0.568. The van der Waals surface area contributed by atoms with Crippen LogP contribution in [0.15, 0.2) is 0 Å². The number of nitrogens with two attached hydrogens (primary N) is 1. The van der Waals surface area contributed by atoms with Crippen molar-refractivity contribution in [3.05, 3.63) is 0 Å². The topological polar surface area (TPSA) is 26.0 Å². The van der Waals surface area contributed by atoms with E-state index in [2.05, 4.69) is 18.7 Å². The summed E-state index contributed by atoms with van der Waals surface area (Å²) in [4.78, 5) is 0. The van der Waals surface area contributed by atoms with Crippen LogP contribution in [0.2, 0.25) is 0 Å². The minimum absolute atomic E-state index is 0.536. The standard InChI is InChI=1S/C7H15NS/c1-7(4-5-8)3-2-6-9-7/h2-6,8H2,1H3. The van der Waals surface area contributed by atoms with Gasteiger partial charge in [0.25, 0.3) is 0 Å². The third-order valence-electron chi connectivity index (χ3n) is 1.97. The van der Waals surface area contributed by atoms with E-state index in [-0.39, 0.29) is 0 Å². The average molecular weight is 145 g/mol. The fourth-order valence-corrected chi connectivity index (χ4v) is 2.67. The van der Waals surface area contributed by atoms with Crippen LogP contribution in [0.4, 0.5) is 0 Å². The van der Waals surface area contributed by atoms with Crippen LogP contribution in [0.1, 0.15) is 26.2 Å². The fourth-order valence-electron chi connectivity index (χ4n) is 1.34. The first-order chi connectivity index (χ1) is 4.27. The smallest absolute Gasteiger partial charge is 0.0144 e. The molecule has 1 fully saturated rings. The molecule has 1 heterocycles. The van der Waals surface area contributed by atoms with Crippen LogP contribution in [0, 0.1) is 0 Å². The van der Waals surface area contributed by atoms with E-state index in [1.54, 1.807) is 0 Å². The Kier molecular flexibility index (Phi) is 2.42. The van der Waals surface area contributed by atoms with E-state index in [0.717, 1.165) is 6.54 Å². The quantitative estimate of drug-likeness (QED) is 0.639. The molecular weight excluding hydrogens is 130 g/mol. The highest BCUT2D eigenvalue weighted by Crippen LogP contribution is 2.39. The highest BCUT2D eigenvalue weighted by molar-refractivity contribution is 8.00. The van der Waals surface area contributed by atoms with Crippen molar-refractivity contribution in [2.24, 2.45) is 5.73 Å². The molecular formula is C7H15NS. The molecule has 0 aromatic heterocycles. The normalized spacial score (nSPS) is 35.3. The number of thioether (sulfide) groups is 1. The molecule has 1 unspecified atom stereocenters. The van der Waals surface area contributed by atoms with E-state index in [9.17, 15) is 0 Å². The molecule has 9 heavy (non-hydrogen) atoms. The summed E-state index contributed by atoms with van der Waals surface area (Å²) in [6.45, 7) is 3.18. The summed E-state index contributed by atoms with van der Waals surface area (Å²) in [5.74, 6) is 1.34. The van der Waals surface area contributed by atoms with Gasteiger partial charge in [0.15, 0.2) is 0 Å². The Hall–Kier alpha value is 0.310. The van der Waals surface area contributed by atoms with Crippen LogP contribution < -0.4 is 5.73 Å². The predicted molar refractivity (Wildman–Crippen MR) is 43.8 cm³/mol. The van der Waals surface area contributed by atoms with E-state index in [0.29, 0.717) is 4.75 Å². The van der Waals surface area contributed by atoms with E-state index < -0.39 is 0 Å². The summed E-state index contributed by atoms with van der Waals surface area (Å²) in [6, 6.07) is 0. The Balaban J connectivity index is 2.32. The zero-order valence-electron chi connectivity index (χ0n) is 6.02. The Morgan fingerprint density at radius 3 is 2.89 bits per heavy atom. The van der Waals surface area contributed by atoms with Crippen molar-refractivity contribution in [3.63, 3.8) is 0 Å². The lowest BCUT2D eigenvalue weighted by Crippen LogP contribution is -2.20. The van der Waals surface area contributed by atoms with Crippen LogP contribution in [0.5, 0.6) is 0 Å². The van der Waals surface area contributed by atoms with Crippen LogP contribution in [0.3, 0.4) is 0 Å². The molecule has 0 aromatic carbocycles. The van der Waals surface area contributed by atoms with Gasteiger partial charge < -0.3 is 5.73 Å². The minimum Gasteiger partial charge on any atom is -0.330 e. The second-order valence-electron chi connectivity index (χ2n) is 2.94. The molecule has 54 valence electrons. The van der Waals surface area contributed by atoms with Gasteiger partial charge in [0, 0.05) is 4.75 Å². The molecule has 0 aromatic rings. The van der Waals surface area contributed by atoms with Gasteiger partial charge in [0.1, 0.15) is 0 Å². The molecule has 1 nitrogen and oxygen atoms in total. The summed E-state index contributed by atoms with van der Waals surface area (Å²) >= 11 is 2.09. The SMILES string of the molecule is CC1(CCN)CCCS1. The van der Waals surface area contributed by atoms with Crippen LogP contribution in [-0.4, -0.2) is 17.0 Å². The Morgan fingerprint density at radius 2 is 2.44 bits per heavy atom. The first kappa shape index (κ1) is 7.42. The van der Waals surface area contributed by atoms with Gasteiger partial charge in [-0.1, -0.05) is 6.92 Å². The maximum atomic E-state index is 5.48. The van der Waals surface area contributed by atoms with Crippen molar-refractivity contribution in [2.45, 2.75) is 30.9 Å². The molecule has 2 heteroatoms. The lowest BCUT2D eigenvalue weighted by Gasteiger charge is -2.20. The van der Waals surface area contributed by atoms with Crippen molar-refractivity contribution < 1.29 is 0 Å². The van der Waals surface area contributed by atoms with E-state index in [4.69, 9.17) is 5.73 Å². The molecule has 0 spiro atoms. The summed E-state index contributed by atoms with van der Waals surface area (Å²) < 4.78 is 0.536. The van der Waals surface area contributed by atoms with Gasteiger partial charge in [-0.25, -0.2) is 0 Å². The third kappa shape index (κ3) is 1.87. The Bertz CT molecular complexity index is 86.9. The average Bonchev–Trinajstić information content (AvgIpc) is 2.16. The van der Waals surface area contributed by atoms with Crippen LogP contribution >= 0.6 is 11.8 Å². The molecule has 1 atom stereocenters. The maximum Gasteiger partial charge on any atom is 0.0144 e. The molecule has 1 aliphatic rings. The zero-order valence-corrected chi connectivity index (χ0v) is 6.84. The molecule has 0 bridgehead atoms. The van der Waals surface area contributed by atoms with Crippen molar-refractivity contribution in [1.82, 2.24) is 0 Å². The van der Waals surface area contributed by atoms with Crippen LogP contribution in [0.25, 0.3) is 0 Å². The van der Waals surface area contributed by atoms with Gasteiger partial charge in [-0.2, -0.15) is 11.8 Å².